The first-order valence-corrected chi connectivity index (χ1v) is 6.90. The number of likely N-dealkylation sites (N-methyl/N-ethyl adjacent to an activating group) is 1. The molecule has 4 nitrogen and oxygen atoms in total. The van der Waals surface area contributed by atoms with Crippen LogP contribution in [0.4, 0.5) is 5.69 Å². The molecule has 0 radical (unpaired) electrons. The molecule has 3 N–H and O–H groups in total. The summed E-state index contributed by atoms with van der Waals surface area (Å²) in [6.45, 7) is 1.73. The average molecular weight is 312 g/mol. The van der Waals surface area contributed by atoms with Crippen molar-refractivity contribution < 1.29 is 4.79 Å². The number of nitrogens with one attached hydrogen (secondary N) is 1. The molecule has 5 heteroatoms. The van der Waals surface area contributed by atoms with Gasteiger partial charge < -0.3 is 11.1 Å². The van der Waals surface area contributed by atoms with Crippen molar-refractivity contribution in [3.8, 4) is 0 Å². The molecule has 1 aliphatic rings. The molecule has 0 spiro atoms. The average Bonchev–Trinajstić information content (AvgIpc) is 2.74. The van der Waals surface area contributed by atoms with Crippen molar-refractivity contribution in [2.75, 3.05) is 19.3 Å². The van der Waals surface area contributed by atoms with E-state index in [-0.39, 0.29) is 11.9 Å². The van der Waals surface area contributed by atoms with Crippen molar-refractivity contribution in [3.63, 3.8) is 0 Å². The second-order valence-electron chi connectivity index (χ2n) is 4.64. The third-order valence-corrected chi connectivity index (χ3v) is 3.74. The molecule has 0 aliphatic carbocycles. The van der Waals surface area contributed by atoms with Crippen LogP contribution in [-0.2, 0) is 11.3 Å². The molecule has 1 heterocycles. The third kappa shape index (κ3) is 3.03. The SMILES string of the molecule is CNC(=O)C1CCCN1Cc1cc(N)cc(Br)c1. The second kappa shape index (κ2) is 5.71. The van der Waals surface area contributed by atoms with E-state index < -0.39 is 0 Å². The van der Waals surface area contributed by atoms with E-state index in [1.54, 1.807) is 7.05 Å². The zero-order valence-electron chi connectivity index (χ0n) is 10.4. The minimum absolute atomic E-state index is 0.00444. The van der Waals surface area contributed by atoms with E-state index in [2.05, 4.69) is 32.2 Å². The summed E-state index contributed by atoms with van der Waals surface area (Å²) >= 11 is 3.44. The van der Waals surface area contributed by atoms with E-state index in [1.165, 1.54) is 0 Å². The summed E-state index contributed by atoms with van der Waals surface area (Å²) in [5.74, 6) is 0.107. The first-order valence-electron chi connectivity index (χ1n) is 6.10. The molecular formula is C13H18BrN3O. The lowest BCUT2D eigenvalue weighted by Crippen LogP contribution is -2.41. The smallest absolute Gasteiger partial charge is 0.237 e. The van der Waals surface area contributed by atoms with Crippen LogP contribution in [0.2, 0.25) is 0 Å². The number of halogens is 1. The number of amides is 1. The number of benzene rings is 1. The summed E-state index contributed by atoms with van der Waals surface area (Å²) < 4.78 is 0.980. The molecule has 1 fully saturated rings. The predicted octanol–water partition coefficient (Wildman–Crippen LogP) is 1.74. The van der Waals surface area contributed by atoms with Gasteiger partial charge in [-0.3, -0.25) is 9.69 Å². The molecule has 0 saturated carbocycles. The van der Waals surface area contributed by atoms with Gasteiger partial charge in [0.2, 0.25) is 5.91 Å². The van der Waals surface area contributed by atoms with Gasteiger partial charge in [-0.15, -0.1) is 0 Å². The number of hydrogen-bond donors (Lipinski definition) is 2. The Labute approximate surface area is 116 Å². The summed E-state index contributed by atoms with van der Waals surface area (Å²) in [5, 5.41) is 2.73. The minimum Gasteiger partial charge on any atom is -0.399 e. The van der Waals surface area contributed by atoms with Crippen LogP contribution < -0.4 is 11.1 Å². The molecule has 1 unspecified atom stereocenters. The maximum absolute atomic E-state index is 11.8. The number of hydrogen-bond acceptors (Lipinski definition) is 3. The van der Waals surface area contributed by atoms with Crippen molar-refractivity contribution in [2.45, 2.75) is 25.4 Å². The first kappa shape index (κ1) is 13.4. The molecule has 1 aliphatic heterocycles. The Morgan fingerprint density at radius 1 is 1.56 bits per heavy atom. The van der Waals surface area contributed by atoms with Crippen molar-refractivity contribution in [1.29, 1.82) is 0 Å². The Morgan fingerprint density at radius 3 is 3.00 bits per heavy atom. The van der Waals surface area contributed by atoms with Gasteiger partial charge in [0.25, 0.3) is 0 Å². The van der Waals surface area contributed by atoms with Gasteiger partial charge >= 0.3 is 0 Å². The molecule has 18 heavy (non-hydrogen) atoms. The lowest BCUT2D eigenvalue weighted by molar-refractivity contribution is -0.125. The quantitative estimate of drug-likeness (QED) is 0.836. The fraction of sp³-hybridized carbons (Fsp3) is 0.462. The molecule has 1 saturated heterocycles. The molecule has 2 rings (SSSR count). The highest BCUT2D eigenvalue weighted by atomic mass is 79.9. The third-order valence-electron chi connectivity index (χ3n) is 3.28. The highest BCUT2D eigenvalue weighted by molar-refractivity contribution is 9.10. The van der Waals surface area contributed by atoms with Gasteiger partial charge in [-0.25, -0.2) is 0 Å². The monoisotopic (exact) mass is 311 g/mol. The number of rotatable bonds is 3. The molecule has 1 atom stereocenters. The number of anilines is 1. The van der Waals surface area contributed by atoms with E-state index in [4.69, 9.17) is 5.73 Å². The zero-order chi connectivity index (χ0) is 13.1. The number of nitrogens with two attached hydrogens (primary N) is 1. The topological polar surface area (TPSA) is 58.4 Å². The van der Waals surface area contributed by atoms with E-state index in [0.717, 1.165) is 41.7 Å². The summed E-state index contributed by atoms with van der Waals surface area (Å²) in [4.78, 5) is 14.0. The number of carbonyl (C=O) groups is 1. The number of likely N-dealkylation sites (tertiary alicyclic amines) is 1. The van der Waals surface area contributed by atoms with Crippen LogP contribution in [0.1, 0.15) is 18.4 Å². The minimum atomic E-state index is -0.00444. The van der Waals surface area contributed by atoms with Crippen LogP contribution in [0.3, 0.4) is 0 Å². The van der Waals surface area contributed by atoms with Gasteiger partial charge in [-0.2, -0.15) is 0 Å². The molecular weight excluding hydrogens is 294 g/mol. The molecule has 98 valence electrons. The molecule has 1 aromatic rings. The van der Waals surface area contributed by atoms with Crippen molar-refractivity contribution >= 4 is 27.5 Å². The first-order chi connectivity index (χ1) is 8.60. The van der Waals surface area contributed by atoms with Gasteiger partial charge in [0.15, 0.2) is 0 Å². The highest BCUT2D eigenvalue weighted by Gasteiger charge is 2.29. The fourth-order valence-electron chi connectivity index (χ4n) is 2.48. The lowest BCUT2D eigenvalue weighted by atomic mass is 10.1. The standard InChI is InChI=1S/C13H18BrN3O/c1-16-13(18)12-3-2-4-17(12)8-9-5-10(14)7-11(15)6-9/h5-7,12H,2-4,8,15H2,1H3,(H,16,18). The summed E-state index contributed by atoms with van der Waals surface area (Å²) in [6.07, 6.45) is 2.00. The van der Waals surface area contributed by atoms with Crippen molar-refractivity contribution in [1.82, 2.24) is 10.2 Å². The summed E-state index contributed by atoms with van der Waals surface area (Å²) in [5.41, 5.74) is 7.71. The predicted molar refractivity (Wildman–Crippen MR) is 76.1 cm³/mol. The Kier molecular flexibility index (Phi) is 4.24. The van der Waals surface area contributed by atoms with Crippen LogP contribution in [-0.4, -0.2) is 30.4 Å². The van der Waals surface area contributed by atoms with Crippen LogP contribution >= 0.6 is 15.9 Å². The Morgan fingerprint density at radius 2 is 2.33 bits per heavy atom. The number of carbonyl (C=O) groups excluding carboxylic acids is 1. The highest BCUT2D eigenvalue weighted by Crippen LogP contribution is 2.23. The van der Waals surface area contributed by atoms with Gasteiger partial charge in [0, 0.05) is 23.8 Å². The number of nitrogen functional groups attached to an aromatic ring is 1. The van der Waals surface area contributed by atoms with Crippen LogP contribution in [0, 0.1) is 0 Å². The van der Waals surface area contributed by atoms with E-state index >= 15 is 0 Å². The Bertz CT molecular complexity index is 430. The lowest BCUT2D eigenvalue weighted by Gasteiger charge is -2.23. The normalized spacial score (nSPS) is 20.0. The molecule has 0 aromatic heterocycles. The van der Waals surface area contributed by atoms with Crippen LogP contribution in [0.5, 0.6) is 0 Å². The summed E-state index contributed by atoms with van der Waals surface area (Å²) in [6, 6.07) is 5.89. The maximum Gasteiger partial charge on any atom is 0.237 e. The zero-order valence-corrected chi connectivity index (χ0v) is 12.0. The van der Waals surface area contributed by atoms with E-state index in [0.29, 0.717) is 0 Å². The van der Waals surface area contributed by atoms with E-state index in [1.807, 2.05) is 12.1 Å². The Balaban J connectivity index is 2.10. The van der Waals surface area contributed by atoms with Crippen molar-refractivity contribution in [2.24, 2.45) is 0 Å². The summed E-state index contributed by atoms with van der Waals surface area (Å²) in [7, 11) is 1.69. The Hall–Kier alpha value is -1.07. The van der Waals surface area contributed by atoms with Crippen LogP contribution in [0.25, 0.3) is 0 Å². The molecule has 1 amide bonds. The second-order valence-corrected chi connectivity index (χ2v) is 5.55. The van der Waals surface area contributed by atoms with Crippen molar-refractivity contribution in [3.05, 3.63) is 28.2 Å². The van der Waals surface area contributed by atoms with Gasteiger partial charge in [-0.1, -0.05) is 15.9 Å². The molecule has 1 aromatic carbocycles. The largest absolute Gasteiger partial charge is 0.399 e. The molecule has 0 bridgehead atoms. The van der Waals surface area contributed by atoms with Gasteiger partial charge in [0.05, 0.1) is 6.04 Å². The number of nitrogens with zero attached hydrogens (tertiary/aromatic N) is 1. The maximum atomic E-state index is 11.8. The van der Waals surface area contributed by atoms with Crippen LogP contribution in [0.15, 0.2) is 22.7 Å². The van der Waals surface area contributed by atoms with E-state index in [9.17, 15) is 4.79 Å². The van der Waals surface area contributed by atoms with Gasteiger partial charge in [0.1, 0.15) is 0 Å². The fourth-order valence-corrected chi connectivity index (χ4v) is 3.04. The van der Waals surface area contributed by atoms with Gasteiger partial charge in [-0.05, 0) is 43.1 Å².